The molecule has 0 radical (unpaired) electrons. The molecular weight excluding hydrogens is 198 g/mol. The van der Waals surface area contributed by atoms with Gasteiger partial charge in [-0.15, -0.1) is 0 Å². The van der Waals surface area contributed by atoms with E-state index in [9.17, 15) is 9.59 Å². The van der Waals surface area contributed by atoms with Gasteiger partial charge in [-0.05, 0) is 27.7 Å². The Morgan fingerprint density at radius 2 is 2.00 bits per heavy atom. The maximum absolute atomic E-state index is 11.5. The molecule has 15 heavy (non-hydrogen) atoms. The Labute approximate surface area is 88.6 Å². The number of amides is 2. The van der Waals surface area contributed by atoms with Gasteiger partial charge in [0.25, 0.3) is 5.91 Å². The molecule has 0 bridgehead atoms. The highest BCUT2D eigenvalue weighted by molar-refractivity contribution is 5.91. The molecule has 1 saturated heterocycles. The van der Waals surface area contributed by atoms with Gasteiger partial charge < -0.3 is 5.11 Å². The van der Waals surface area contributed by atoms with Crippen molar-refractivity contribution in [3.63, 3.8) is 0 Å². The standard InChI is InChI=1S/C9H17N3O3/c1-5-6(7(13)12(5)10)11(8(14)15)9(2,3)4/h5-6H,10H2,1-4H3,(H,14,15)/t5-,6-/m0/s1. The minimum Gasteiger partial charge on any atom is -0.465 e. The summed E-state index contributed by atoms with van der Waals surface area (Å²) in [6.45, 7) is 6.98. The van der Waals surface area contributed by atoms with E-state index in [2.05, 4.69) is 0 Å². The third-order valence-corrected chi connectivity index (χ3v) is 2.61. The first-order valence-electron chi connectivity index (χ1n) is 4.78. The number of nitrogens with two attached hydrogens (primary N) is 1. The summed E-state index contributed by atoms with van der Waals surface area (Å²) in [7, 11) is 0. The molecule has 0 aromatic carbocycles. The highest BCUT2D eigenvalue weighted by Gasteiger charge is 2.51. The lowest BCUT2D eigenvalue weighted by atomic mass is 9.93. The highest BCUT2D eigenvalue weighted by Crippen LogP contribution is 2.27. The van der Waals surface area contributed by atoms with Crippen molar-refractivity contribution in [3.05, 3.63) is 0 Å². The van der Waals surface area contributed by atoms with Crippen molar-refractivity contribution in [1.82, 2.24) is 9.91 Å². The van der Waals surface area contributed by atoms with Gasteiger partial charge in [0, 0.05) is 5.54 Å². The Hall–Kier alpha value is -1.30. The van der Waals surface area contributed by atoms with E-state index in [0.29, 0.717) is 0 Å². The lowest BCUT2D eigenvalue weighted by Crippen LogP contribution is -2.75. The van der Waals surface area contributed by atoms with Crippen molar-refractivity contribution in [2.45, 2.75) is 45.3 Å². The SMILES string of the molecule is C[C@H]1[C@H](N(C(=O)O)C(C)(C)C)C(=O)N1N. The second-order valence-electron chi connectivity index (χ2n) is 4.75. The van der Waals surface area contributed by atoms with Gasteiger partial charge in [-0.3, -0.25) is 14.7 Å². The summed E-state index contributed by atoms with van der Waals surface area (Å²) in [5.41, 5.74) is -0.609. The number of rotatable bonds is 1. The normalized spacial score (nSPS) is 26.2. The quantitative estimate of drug-likeness (QED) is 0.372. The van der Waals surface area contributed by atoms with Crippen LogP contribution >= 0.6 is 0 Å². The van der Waals surface area contributed by atoms with E-state index in [1.807, 2.05) is 0 Å². The summed E-state index contributed by atoms with van der Waals surface area (Å²) in [6, 6.07) is -0.930. The molecule has 2 atom stereocenters. The number of β-lactam (4-membered cyclic amide) rings is 1. The molecule has 2 amide bonds. The summed E-state index contributed by atoms with van der Waals surface area (Å²) < 4.78 is 0. The van der Waals surface area contributed by atoms with Crippen LogP contribution in [0.2, 0.25) is 0 Å². The summed E-state index contributed by atoms with van der Waals surface area (Å²) in [5, 5.41) is 10.1. The molecule has 0 aromatic heterocycles. The number of carbonyl (C=O) groups excluding carboxylic acids is 1. The molecule has 1 heterocycles. The van der Waals surface area contributed by atoms with Crippen molar-refractivity contribution >= 4 is 12.0 Å². The Morgan fingerprint density at radius 3 is 2.27 bits per heavy atom. The van der Waals surface area contributed by atoms with Crippen LogP contribution in [0.1, 0.15) is 27.7 Å². The Morgan fingerprint density at radius 1 is 1.53 bits per heavy atom. The van der Waals surface area contributed by atoms with Gasteiger partial charge in [0.1, 0.15) is 6.04 Å². The van der Waals surface area contributed by atoms with Crippen LogP contribution < -0.4 is 5.84 Å². The third kappa shape index (κ3) is 1.77. The van der Waals surface area contributed by atoms with E-state index in [1.165, 1.54) is 0 Å². The fourth-order valence-corrected chi connectivity index (χ4v) is 1.78. The summed E-state index contributed by atoms with van der Waals surface area (Å²) in [5.74, 6) is 5.05. The van der Waals surface area contributed by atoms with E-state index < -0.39 is 17.7 Å². The molecule has 0 spiro atoms. The first kappa shape index (κ1) is 11.8. The van der Waals surface area contributed by atoms with E-state index in [1.54, 1.807) is 27.7 Å². The van der Waals surface area contributed by atoms with Gasteiger partial charge in [-0.25, -0.2) is 10.6 Å². The maximum Gasteiger partial charge on any atom is 0.408 e. The van der Waals surface area contributed by atoms with Crippen molar-refractivity contribution in [2.75, 3.05) is 0 Å². The van der Waals surface area contributed by atoms with Gasteiger partial charge in [-0.2, -0.15) is 0 Å². The molecule has 0 aliphatic carbocycles. The number of hydrogen-bond acceptors (Lipinski definition) is 3. The molecule has 6 nitrogen and oxygen atoms in total. The van der Waals surface area contributed by atoms with Crippen molar-refractivity contribution < 1.29 is 14.7 Å². The number of carboxylic acid groups (broad SMARTS) is 1. The Balaban J connectivity index is 2.93. The molecule has 0 saturated carbocycles. The molecule has 1 aliphatic heterocycles. The molecule has 1 rings (SSSR count). The van der Waals surface area contributed by atoms with Crippen LogP contribution in [0.25, 0.3) is 0 Å². The minimum atomic E-state index is -1.10. The Bertz CT molecular complexity index is 297. The van der Waals surface area contributed by atoms with Gasteiger partial charge in [0.05, 0.1) is 6.04 Å². The molecule has 0 aromatic rings. The zero-order valence-electron chi connectivity index (χ0n) is 9.39. The molecule has 1 aliphatic rings. The maximum atomic E-state index is 11.5. The average Bonchev–Trinajstić information content (AvgIpc) is 2.09. The van der Waals surface area contributed by atoms with Crippen molar-refractivity contribution in [3.8, 4) is 0 Å². The van der Waals surface area contributed by atoms with Crippen LogP contribution in [0.5, 0.6) is 0 Å². The highest BCUT2D eigenvalue weighted by atomic mass is 16.4. The molecular formula is C9H17N3O3. The van der Waals surface area contributed by atoms with Gasteiger partial charge in [0.15, 0.2) is 0 Å². The van der Waals surface area contributed by atoms with Gasteiger partial charge in [0.2, 0.25) is 0 Å². The van der Waals surface area contributed by atoms with Crippen LogP contribution in [0.3, 0.4) is 0 Å². The average molecular weight is 215 g/mol. The molecule has 3 N–H and O–H groups in total. The van der Waals surface area contributed by atoms with E-state index >= 15 is 0 Å². The summed E-state index contributed by atoms with van der Waals surface area (Å²) in [6.07, 6.45) is -1.10. The van der Waals surface area contributed by atoms with E-state index in [-0.39, 0.29) is 11.9 Å². The summed E-state index contributed by atoms with van der Waals surface area (Å²) >= 11 is 0. The number of hydrogen-bond donors (Lipinski definition) is 2. The van der Waals surface area contributed by atoms with Crippen LogP contribution in [0.15, 0.2) is 0 Å². The zero-order chi connectivity index (χ0) is 12.0. The first-order valence-corrected chi connectivity index (χ1v) is 4.78. The smallest absolute Gasteiger partial charge is 0.408 e. The van der Waals surface area contributed by atoms with Crippen molar-refractivity contribution in [2.24, 2.45) is 5.84 Å². The monoisotopic (exact) mass is 215 g/mol. The number of nitrogens with zero attached hydrogens (tertiary/aromatic N) is 2. The second kappa shape index (κ2) is 3.37. The van der Waals surface area contributed by atoms with Crippen molar-refractivity contribution in [1.29, 1.82) is 0 Å². The topological polar surface area (TPSA) is 86.9 Å². The largest absolute Gasteiger partial charge is 0.465 e. The van der Waals surface area contributed by atoms with E-state index in [4.69, 9.17) is 10.9 Å². The van der Waals surface area contributed by atoms with Crippen LogP contribution in [0.4, 0.5) is 4.79 Å². The predicted molar refractivity (Wildman–Crippen MR) is 53.9 cm³/mol. The van der Waals surface area contributed by atoms with Crippen LogP contribution in [-0.2, 0) is 4.79 Å². The molecule has 86 valence electrons. The zero-order valence-corrected chi connectivity index (χ0v) is 9.39. The molecule has 6 heteroatoms. The summed E-state index contributed by atoms with van der Waals surface area (Å²) in [4.78, 5) is 23.7. The lowest BCUT2D eigenvalue weighted by molar-refractivity contribution is -0.160. The van der Waals surface area contributed by atoms with Crippen LogP contribution in [0, 0.1) is 0 Å². The van der Waals surface area contributed by atoms with E-state index in [0.717, 1.165) is 9.91 Å². The molecule has 0 unspecified atom stereocenters. The third-order valence-electron chi connectivity index (χ3n) is 2.61. The minimum absolute atomic E-state index is 0.271. The van der Waals surface area contributed by atoms with Crippen LogP contribution in [-0.4, -0.2) is 44.6 Å². The fourth-order valence-electron chi connectivity index (χ4n) is 1.78. The predicted octanol–water partition coefficient (Wildman–Crippen LogP) is 0.238. The Kier molecular flexibility index (Phi) is 2.65. The number of carbonyl (C=O) groups is 2. The van der Waals surface area contributed by atoms with Gasteiger partial charge in [-0.1, -0.05) is 0 Å². The lowest BCUT2D eigenvalue weighted by Gasteiger charge is -2.50. The van der Waals surface area contributed by atoms with Gasteiger partial charge >= 0.3 is 6.09 Å². The first-order chi connectivity index (χ1) is 6.68. The second-order valence-corrected chi connectivity index (χ2v) is 4.75. The number of hydrazine groups is 1. The fraction of sp³-hybridized carbons (Fsp3) is 0.778. The molecule has 1 fully saturated rings.